The van der Waals surface area contributed by atoms with E-state index in [0.717, 1.165) is 108 Å². The van der Waals surface area contributed by atoms with E-state index in [1.165, 1.54) is 58.0 Å². The van der Waals surface area contributed by atoms with Crippen molar-refractivity contribution in [2.75, 3.05) is 59.0 Å². The Morgan fingerprint density at radius 3 is 2.35 bits per heavy atom. The van der Waals surface area contributed by atoms with E-state index in [0.29, 0.717) is 30.8 Å². The van der Waals surface area contributed by atoms with Crippen molar-refractivity contribution in [3.63, 3.8) is 0 Å². The van der Waals surface area contributed by atoms with Crippen LogP contribution >= 0.6 is 0 Å². The SMILES string of the molecule is CC(C)C1=CC2CC3(C=O)[C@@H]4CC[C@@H](C)[C@H]4CC2(C2C[C@H](CC4CCCC4)C(CCCCOC(=O)N4CCN(CCN5CCCCC5)CC4)O2)[C@]13C(=O)O. The molecule has 3 aliphatic heterocycles. The molecule has 5 aliphatic carbocycles. The van der Waals surface area contributed by atoms with Crippen LogP contribution in [-0.2, 0) is 19.1 Å². The molecule has 8 rings (SSSR count). The fraction of sp³-hybridized carbons (Fsp3) is 0.889. The summed E-state index contributed by atoms with van der Waals surface area (Å²) in [5, 5.41) is 11.6. The molecule has 0 aromatic heterocycles. The number of likely N-dealkylation sites (tertiary alicyclic amines) is 1. The van der Waals surface area contributed by atoms with Gasteiger partial charge in [0, 0.05) is 44.7 Å². The Morgan fingerprint density at radius 1 is 0.944 bits per heavy atom. The Kier molecular flexibility index (Phi) is 11.3. The van der Waals surface area contributed by atoms with Gasteiger partial charge >= 0.3 is 12.1 Å². The van der Waals surface area contributed by atoms with Crippen LogP contribution in [-0.4, -0.2) is 109 Å². The number of nitrogens with zero attached hydrogens (tertiary/aromatic N) is 3. The van der Waals surface area contributed by atoms with Gasteiger partial charge in [-0.15, -0.1) is 0 Å². The van der Waals surface area contributed by atoms with E-state index < -0.39 is 22.2 Å². The van der Waals surface area contributed by atoms with Crippen molar-refractivity contribution in [3.05, 3.63) is 11.6 Å². The third-order valence-electron chi connectivity index (χ3n) is 17.0. The fourth-order valence-corrected chi connectivity index (χ4v) is 14.5. The molecule has 0 radical (unpaired) electrons. The Hall–Kier alpha value is -1.97. The third kappa shape index (κ3) is 6.31. The average molecular weight is 750 g/mol. The molecule has 9 nitrogen and oxygen atoms in total. The Labute approximate surface area is 325 Å². The summed E-state index contributed by atoms with van der Waals surface area (Å²) in [5.74, 6) is 1.52. The minimum Gasteiger partial charge on any atom is -0.481 e. The number of carbonyl (C=O) groups is 3. The monoisotopic (exact) mass is 750 g/mol. The van der Waals surface area contributed by atoms with Crippen molar-refractivity contribution >= 4 is 18.3 Å². The largest absolute Gasteiger partial charge is 0.481 e. The van der Waals surface area contributed by atoms with E-state index in [-0.39, 0.29) is 36.1 Å². The second-order valence-electron chi connectivity index (χ2n) is 19.8. The highest BCUT2D eigenvalue weighted by atomic mass is 16.6. The first-order chi connectivity index (χ1) is 26.1. The van der Waals surface area contributed by atoms with Crippen LogP contribution in [0.2, 0.25) is 0 Å². The summed E-state index contributed by atoms with van der Waals surface area (Å²) in [5.41, 5.74) is -1.60. The molecule has 54 heavy (non-hydrogen) atoms. The van der Waals surface area contributed by atoms with Gasteiger partial charge < -0.3 is 29.2 Å². The van der Waals surface area contributed by atoms with Gasteiger partial charge in [-0.2, -0.15) is 0 Å². The van der Waals surface area contributed by atoms with Gasteiger partial charge in [-0.25, -0.2) is 4.79 Å². The number of carboxylic acids is 1. The van der Waals surface area contributed by atoms with Crippen molar-refractivity contribution in [1.82, 2.24) is 14.7 Å². The lowest BCUT2D eigenvalue weighted by Gasteiger charge is -2.60. The number of allylic oxidation sites excluding steroid dienone is 1. The Bertz CT molecular complexity index is 1400. The molecule has 1 N–H and O–H groups in total. The van der Waals surface area contributed by atoms with Gasteiger partial charge in [0.1, 0.15) is 11.7 Å². The third-order valence-corrected chi connectivity index (χ3v) is 17.0. The van der Waals surface area contributed by atoms with Crippen molar-refractivity contribution in [2.45, 2.75) is 136 Å². The number of piperidine rings is 1. The van der Waals surface area contributed by atoms with Crippen LogP contribution in [0.25, 0.3) is 0 Å². The number of ether oxygens (including phenoxy) is 2. The molecule has 7 fully saturated rings. The molecular formula is C45H71N3O6. The average Bonchev–Trinajstić information content (AvgIpc) is 4.00. The van der Waals surface area contributed by atoms with Crippen LogP contribution in [0.5, 0.6) is 0 Å². The van der Waals surface area contributed by atoms with E-state index in [1.807, 2.05) is 4.90 Å². The van der Waals surface area contributed by atoms with Crippen LogP contribution in [0.3, 0.4) is 0 Å². The number of hydrogen-bond acceptors (Lipinski definition) is 7. The summed E-state index contributed by atoms with van der Waals surface area (Å²) in [4.78, 5) is 47.8. The fourth-order valence-electron chi connectivity index (χ4n) is 14.5. The molecule has 3 saturated heterocycles. The molecule has 0 spiro atoms. The Balaban J connectivity index is 0.914. The second kappa shape index (κ2) is 15.8. The molecule has 0 aromatic rings. The van der Waals surface area contributed by atoms with E-state index in [4.69, 9.17) is 9.47 Å². The van der Waals surface area contributed by atoms with Gasteiger partial charge in [0.25, 0.3) is 0 Å². The van der Waals surface area contributed by atoms with Gasteiger partial charge in [0.15, 0.2) is 0 Å². The second-order valence-corrected chi connectivity index (χ2v) is 19.8. The first-order valence-corrected chi connectivity index (χ1v) is 22.6. The summed E-state index contributed by atoms with van der Waals surface area (Å²) in [6.07, 6.45) is 20.7. The quantitative estimate of drug-likeness (QED) is 0.110. The normalized spacial score (nSPS) is 41.1. The highest BCUT2D eigenvalue weighted by molar-refractivity contribution is 5.90. The van der Waals surface area contributed by atoms with Crippen LogP contribution in [0.4, 0.5) is 4.79 Å². The molecule has 1 amide bonds. The summed E-state index contributed by atoms with van der Waals surface area (Å²) < 4.78 is 13.2. The number of unbranched alkanes of at least 4 members (excludes halogenated alkanes) is 1. The maximum Gasteiger partial charge on any atom is 0.409 e. The summed E-state index contributed by atoms with van der Waals surface area (Å²) >= 11 is 0. The predicted octanol–water partition coefficient (Wildman–Crippen LogP) is 7.68. The van der Waals surface area contributed by atoms with Crippen LogP contribution in [0.15, 0.2) is 11.6 Å². The van der Waals surface area contributed by atoms with Crippen molar-refractivity contribution in [1.29, 1.82) is 0 Å². The van der Waals surface area contributed by atoms with Gasteiger partial charge in [-0.05, 0) is 119 Å². The number of carboxylic acid groups (broad SMARTS) is 1. The number of amides is 1. The van der Waals surface area contributed by atoms with E-state index >= 15 is 0 Å². The molecule has 0 aromatic carbocycles. The zero-order valence-electron chi connectivity index (χ0n) is 33.9. The molecule has 4 bridgehead atoms. The number of rotatable bonds is 14. The Morgan fingerprint density at radius 2 is 1.67 bits per heavy atom. The van der Waals surface area contributed by atoms with E-state index in [9.17, 15) is 19.5 Å². The van der Waals surface area contributed by atoms with Gasteiger partial charge in [-0.3, -0.25) is 9.69 Å². The molecule has 3 heterocycles. The first-order valence-electron chi connectivity index (χ1n) is 22.6. The minimum atomic E-state index is -1.18. The van der Waals surface area contributed by atoms with Crippen molar-refractivity contribution < 1.29 is 29.0 Å². The molecule has 4 saturated carbocycles. The summed E-state index contributed by atoms with van der Waals surface area (Å²) in [6, 6.07) is 0. The predicted molar refractivity (Wildman–Crippen MR) is 209 cm³/mol. The number of piperazine rings is 1. The smallest absolute Gasteiger partial charge is 0.409 e. The molecule has 5 unspecified atom stereocenters. The molecule has 302 valence electrons. The molecule has 8 aliphatic rings. The van der Waals surface area contributed by atoms with Crippen LogP contribution < -0.4 is 0 Å². The number of hydrogen-bond donors (Lipinski definition) is 1. The number of fused-ring (bicyclic) bond motifs is 2. The zero-order valence-corrected chi connectivity index (χ0v) is 33.9. The summed E-state index contributed by atoms with van der Waals surface area (Å²) in [6.45, 7) is 15.0. The van der Waals surface area contributed by atoms with Crippen molar-refractivity contribution in [3.8, 4) is 0 Å². The maximum atomic E-state index is 14.2. The number of aliphatic carboxylic acids is 1. The van der Waals surface area contributed by atoms with Gasteiger partial charge in [0.2, 0.25) is 0 Å². The highest BCUT2D eigenvalue weighted by Crippen LogP contribution is 2.84. The van der Waals surface area contributed by atoms with Crippen LogP contribution in [0.1, 0.15) is 124 Å². The van der Waals surface area contributed by atoms with Gasteiger partial charge in [-0.1, -0.05) is 70.9 Å². The zero-order chi connectivity index (χ0) is 37.7. The number of carbonyl (C=O) groups excluding carboxylic acids is 2. The lowest BCUT2D eigenvalue weighted by molar-refractivity contribution is -0.197. The lowest BCUT2D eigenvalue weighted by atomic mass is 9.41. The van der Waals surface area contributed by atoms with Gasteiger partial charge in [0.05, 0.1) is 24.2 Å². The standard InChI is InChI=1S/C45H71N3O6/c1-31(2)38-27-35-28-43(30-49)37-15-14-32(3)36(37)29-44(35,45(38,43)41(50)51)40-26-34(25-33-11-5-6-12-33)39(54-40)13-7-10-24-53-42(52)48-22-20-47(21-23-48)19-18-46-16-8-4-9-17-46/h27,30-37,39-40H,4-26,28-29H2,1-3H3,(H,50,51)/t32-,34+,35?,36-,37-,39?,40?,43?,44?,45+/m1/s1. The first kappa shape index (κ1) is 38.9. The lowest BCUT2D eigenvalue weighted by Crippen LogP contribution is -2.65. The molecule has 10 atom stereocenters. The van der Waals surface area contributed by atoms with E-state index in [1.54, 1.807) is 0 Å². The minimum absolute atomic E-state index is 0.0702. The maximum absolute atomic E-state index is 14.2. The molecular weight excluding hydrogens is 679 g/mol. The highest BCUT2D eigenvalue weighted by Gasteiger charge is 2.86. The topological polar surface area (TPSA) is 99.6 Å². The van der Waals surface area contributed by atoms with E-state index in [2.05, 4.69) is 36.6 Å². The summed E-state index contributed by atoms with van der Waals surface area (Å²) in [7, 11) is 0. The van der Waals surface area contributed by atoms with Crippen LogP contribution in [0, 0.1) is 57.7 Å². The molecule has 9 heteroatoms. The van der Waals surface area contributed by atoms with Crippen molar-refractivity contribution in [2.24, 2.45) is 57.7 Å². The number of aldehydes is 1.